The van der Waals surface area contributed by atoms with E-state index in [0.29, 0.717) is 24.9 Å². The van der Waals surface area contributed by atoms with Gasteiger partial charge in [0.15, 0.2) is 12.0 Å². The highest BCUT2D eigenvalue weighted by Gasteiger charge is 2.28. The van der Waals surface area contributed by atoms with Crippen LogP contribution in [0.5, 0.6) is 0 Å². The summed E-state index contributed by atoms with van der Waals surface area (Å²) in [5, 5.41) is 2.51. The van der Waals surface area contributed by atoms with E-state index in [-0.39, 0.29) is 18.3 Å². The van der Waals surface area contributed by atoms with Crippen molar-refractivity contribution in [1.29, 1.82) is 0 Å². The Balaban J connectivity index is 1.83. The number of amides is 1. The fraction of sp³-hybridized carbons (Fsp3) is 0.364. The molecule has 0 aliphatic carbocycles. The van der Waals surface area contributed by atoms with Crippen molar-refractivity contribution < 1.29 is 23.5 Å². The first-order valence-electron chi connectivity index (χ1n) is 5.19. The van der Waals surface area contributed by atoms with Crippen molar-refractivity contribution in [2.45, 2.75) is 25.5 Å². The highest BCUT2D eigenvalue weighted by molar-refractivity contribution is 5.88. The van der Waals surface area contributed by atoms with Crippen LogP contribution >= 0.6 is 0 Å². The molecule has 1 N–H and O–H groups in total. The van der Waals surface area contributed by atoms with Crippen LogP contribution in [0.25, 0.3) is 0 Å². The number of hydrogen-bond acceptors (Lipinski definition) is 5. The number of nitrogens with one attached hydrogen (secondary N) is 1. The van der Waals surface area contributed by atoms with Crippen LogP contribution in [0.3, 0.4) is 0 Å². The Bertz CT molecular complexity index is 450. The van der Waals surface area contributed by atoms with Gasteiger partial charge in [0.05, 0.1) is 0 Å². The number of carbonyl (C=O) groups excluding carboxylic acids is 3. The molecule has 0 spiro atoms. The summed E-state index contributed by atoms with van der Waals surface area (Å²) in [6.07, 6.45) is 1.37. The predicted octanol–water partition coefficient (Wildman–Crippen LogP) is 0.414. The van der Waals surface area contributed by atoms with Gasteiger partial charge in [-0.3, -0.25) is 9.59 Å². The summed E-state index contributed by atoms with van der Waals surface area (Å²) in [6.45, 7) is -0.0426. The molecule has 1 aromatic rings. The SMILES string of the molecule is O=Cc1ccc(COC(=O)[C@@H]2CCC(=O)N2)o1. The van der Waals surface area contributed by atoms with Crippen molar-refractivity contribution >= 4 is 18.2 Å². The van der Waals surface area contributed by atoms with Crippen LogP contribution in [0.15, 0.2) is 16.5 Å². The van der Waals surface area contributed by atoms with Crippen molar-refractivity contribution in [3.63, 3.8) is 0 Å². The van der Waals surface area contributed by atoms with E-state index >= 15 is 0 Å². The molecular formula is C11H11NO5. The third-order valence-electron chi connectivity index (χ3n) is 2.44. The molecule has 1 fully saturated rings. The highest BCUT2D eigenvalue weighted by Crippen LogP contribution is 2.11. The van der Waals surface area contributed by atoms with Gasteiger partial charge in [-0.2, -0.15) is 0 Å². The Morgan fingerprint density at radius 3 is 3.00 bits per heavy atom. The second kappa shape index (κ2) is 4.82. The summed E-state index contributed by atoms with van der Waals surface area (Å²) < 4.78 is 9.99. The van der Waals surface area contributed by atoms with E-state index in [2.05, 4.69) is 5.32 Å². The van der Waals surface area contributed by atoms with Gasteiger partial charge >= 0.3 is 5.97 Å². The van der Waals surface area contributed by atoms with Crippen LogP contribution < -0.4 is 5.32 Å². The molecule has 0 radical (unpaired) electrons. The van der Waals surface area contributed by atoms with Gasteiger partial charge in [-0.05, 0) is 18.6 Å². The maximum Gasteiger partial charge on any atom is 0.329 e. The molecule has 1 aliphatic heterocycles. The van der Waals surface area contributed by atoms with Gasteiger partial charge < -0.3 is 14.5 Å². The Hall–Kier alpha value is -2.11. The summed E-state index contributed by atoms with van der Waals surface area (Å²) in [5.41, 5.74) is 0. The maximum absolute atomic E-state index is 11.5. The Morgan fingerprint density at radius 2 is 2.41 bits per heavy atom. The number of furan rings is 1. The van der Waals surface area contributed by atoms with E-state index < -0.39 is 12.0 Å². The zero-order chi connectivity index (χ0) is 12.3. The third-order valence-corrected chi connectivity index (χ3v) is 2.44. The molecule has 90 valence electrons. The molecule has 2 heterocycles. The Morgan fingerprint density at radius 1 is 1.59 bits per heavy atom. The van der Waals surface area contributed by atoms with Crippen LogP contribution in [-0.2, 0) is 20.9 Å². The van der Waals surface area contributed by atoms with Crippen molar-refractivity contribution in [2.75, 3.05) is 0 Å². The Kier molecular flexibility index (Phi) is 3.22. The molecule has 1 saturated heterocycles. The zero-order valence-corrected chi connectivity index (χ0v) is 8.97. The van der Waals surface area contributed by atoms with E-state index in [9.17, 15) is 14.4 Å². The fourth-order valence-electron chi connectivity index (χ4n) is 1.57. The largest absolute Gasteiger partial charge is 0.456 e. The van der Waals surface area contributed by atoms with E-state index in [1.165, 1.54) is 6.07 Å². The topological polar surface area (TPSA) is 85.6 Å². The van der Waals surface area contributed by atoms with E-state index in [4.69, 9.17) is 9.15 Å². The molecular weight excluding hydrogens is 226 g/mol. The van der Waals surface area contributed by atoms with E-state index in [1.54, 1.807) is 6.07 Å². The number of hydrogen-bond donors (Lipinski definition) is 1. The average Bonchev–Trinajstić information content (AvgIpc) is 2.94. The minimum atomic E-state index is -0.567. The second-order valence-electron chi connectivity index (χ2n) is 3.69. The van der Waals surface area contributed by atoms with Crippen LogP contribution in [0, 0.1) is 0 Å². The van der Waals surface area contributed by atoms with Crippen LogP contribution in [-0.4, -0.2) is 24.2 Å². The Labute approximate surface area is 96.9 Å². The fourth-order valence-corrected chi connectivity index (χ4v) is 1.57. The molecule has 1 aromatic heterocycles. The standard InChI is InChI=1S/C11H11NO5/c13-5-7-1-2-8(17-7)6-16-11(15)9-3-4-10(14)12-9/h1-2,5,9H,3-4,6H2,(H,12,14)/t9-/m0/s1. The minimum absolute atomic E-state index is 0.0426. The van der Waals surface area contributed by atoms with Crippen LogP contribution in [0.1, 0.15) is 29.2 Å². The van der Waals surface area contributed by atoms with Gasteiger partial charge in [0.1, 0.15) is 18.4 Å². The lowest BCUT2D eigenvalue weighted by Crippen LogP contribution is -2.34. The molecule has 2 rings (SSSR count). The normalized spacial score (nSPS) is 18.8. The monoisotopic (exact) mass is 237 g/mol. The molecule has 0 saturated carbocycles. The molecule has 6 nitrogen and oxygen atoms in total. The molecule has 1 aliphatic rings. The van der Waals surface area contributed by atoms with Gasteiger partial charge in [-0.1, -0.05) is 0 Å². The number of ether oxygens (including phenoxy) is 1. The zero-order valence-electron chi connectivity index (χ0n) is 8.97. The number of carbonyl (C=O) groups is 3. The quantitative estimate of drug-likeness (QED) is 0.605. The van der Waals surface area contributed by atoms with Crippen molar-refractivity contribution in [1.82, 2.24) is 5.32 Å². The van der Waals surface area contributed by atoms with Crippen molar-refractivity contribution in [3.8, 4) is 0 Å². The van der Waals surface area contributed by atoms with E-state index in [1.807, 2.05) is 0 Å². The molecule has 1 atom stereocenters. The predicted molar refractivity (Wildman–Crippen MR) is 55.1 cm³/mol. The highest BCUT2D eigenvalue weighted by atomic mass is 16.5. The first-order chi connectivity index (χ1) is 8.19. The summed E-state index contributed by atoms with van der Waals surface area (Å²) in [7, 11) is 0. The first kappa shape index (κ1) is 11.4. The lowest BCUT2D eigenvalue weighted by Gasteiger charge is -2.08. The molecule has 1 amide bonds. The number of rotatable bonds is 4. The van der Waals surface area contributed by atoms with Crippen molar-refractivity contribution in [3.05, 3.63) is 23.7 Å². The summed E-state index contributed by atoms with van der Waals surface area (Å²) in [5.74, 6) is -0.0527. The van der Waals surface area contributed by atoms with Crippen LogP contribution in [0.2, 0.25) is 0 Å². The van der Waals surface area contributed by atoms with Crippen LogP contribution in [0.4, 0.5) is 0 Å². The van der Waals surface area contributed by atoms with E-state index in [0.717, 1.165) is 0 Å². The summed E-state index contributed by atoms with van der Waals surface area (Å²) in [4.78, 5) is 32.7. The van der Waals surface area contributed by atoms with Gasteiger partial charge in [-0.25, -0.2) is 4.79 Å². The molecule has 0 unspecified atom stereocenters. The summed E-state index contributed by atoms with van der Waals surface area (Å²) >= 11 is 0. The molecule has 0 aromatic carbocycles. The van der Waals surface area contributed by atoms with Gasteiger partial charge in [0.2, 0.25) is 5.91 Å². The minimum Gasteiger partial charge on any atom is -0.456 e. The average molecular weight is 237 g/mol. The third kappa shape index (κ3) is 2.72. The smallest absolute Gasteiger partial charge is 0.329 e. The number of esters is 1. The number of aldehydes is 1. The molecule has 0 bridgehead atoms. The van der Waals surface area contributed by atoms with Crippen molar-refractivity contribution in [2.24, 2.45) is 0 Å². The maximum atomic E-state index is 11.5. The summed E-state index contributed by atoms with van der Waals surface area (Å²) in [6, 6.07) is 2.49. The van der Waals surface area contributed by atoms with Gasteiger partial charge in [0, 0.05) is 6.42 Å². The lowest BCUT2D eigenvalue weighted by atomic mass is 10.2. The first-order valence-corrected chi connectivity index (χ1v) is 5.19. The van der Waals surface area contributed by atoms with Gasteiger partial charge in [0.25, 0.3) is 0 Å². The molecule has 6 heteroatoms. The van der Waals surface area contributed by atoms with Gasteiger partial charge in [-0.15, -0.1) is 0 Å². The molecule has 17 heavy (non-hydrogen) atoms. The lowest BCUT2D eigenvalue weighted by molar-refractivity contribution is -0.148. The second-order valence-corrected chi connectivity index (χ2v) is 3.69.